The molecule has 1 heterocycles. The van der Waals surface area contributed by atoms with Crippen molar-refractivity contribution in [2.75, 3.05) is 30.7 Å². The van der Waals surface area contributed by atoms with Crippen LogP contribution in [0.15, 0.2) is 91.1 Å². The fourth-order valence-electron chi connectivity index (χ4n) is 5.37. The highest BCUT2D eigenvalue weighted by Crippen LogP contribution is 2.32. The van der Waals surface area contributed by atoms with Gasteiger partial charge < -0.3 is 20.8 Å². The van der Waals surface area contributed by atoms with Gasteiger partial charge in [0.2, 0.25) is 27.8 Å². The summed E-state index contributed by atoms with van der Waals surface area (Å²) in [5, 5.41) is 26.7. The lowest BCUT2D eigenvalue weighted by molar-refractivity contribution is -0.124. The van der Waals surface area contributed by atoms with E-state index in [9.17, 15) is 32.6 Å². The minimum atomic E-state index is -3.69. The first-order chi connectivity index (χ1) is 27.2. The van der Waals surface area contributed by atoms with Gasteiger partial charge in [0.15, 0.2) is 0 Å². The standard InChI is InChI=1S/C44H62FN5O6S/c1-6-7-8-9-10-11-12-13-14-15-16-17-18-19-20-21-22-23-40(53)46-30-31-47-41(54)33-38(52)32-37(51)28-29-39-42(34(2)3)48-44(50(4)57(5,55)56)49-43(39)35-24-26-36(45)27-25-35/h7-8,10-11,13-14,16-17,19-20,24-29,34,37-38,51-52H,6,9,12,15,18,21-23,30-33H2,1-5H3,(H,46,53)(H,47,54)/b8-7-,11-10-,14-13-,17-16-,20-19-,29-28+/t37-,38-/m1/s1. The largest absolute Gasteiger partial charge is 0.392 e. The number of sulfonamides is 1. The number of halogens is 1. The number of nitrogens with one attached hydrogen (secondary N) is 2. The molecule has 2 amide bonds. The number of aliphatic hydroxyl groups is 2. The normalized spacial score (nSPS) is 13.6. The van der Waals surface area contributed by atoms with Crippen LogP contribution in [0.2, 0.25) is 0 Å². The molecule has 0 spiro atoms. The number of allylic oxidation sites excluding steroid dienone is 10. The van der Waals surface area contributed by atoms with Crippen LogP contribution in [0.3, 0.4) is 0 Å². The van der Waals surface area contributed by atoms with Crippen molar-refractivity contribution in [2.45, 2.75) is 103 Å². The zero-order valence-corrected chi connectivity index (χ0v) is 34.9. The van der Waals surface area contributed by atoms with Crippen molar-refractivity contribution in [3.63, 3.8) is 0 Å². The second kappa shape index (κ2) is 27.0. The first-order valence-corrected chi connectivity index (χ1v) is 21.5. The molecule has 0 unspecified atom stereocenters. The van der Waals surface area contributed by atoms with Crippen molar-refractivity contribution in [1.82, 2.24) is 20.6 Å². The van der Waals surface area contributed by atoms with Gasteiger partial charge in [0.05, 0.1) is 36.3 Å². The Labute approximate surface area is 339 Å². The highest BCUT2D eigenvalue weighted by atomic mass is 32.2. The fraction of sp³-hybridized carbons (Fsp3) is 0.455. The van der Waals surface area contributed by atoms with E-state index in [1.54, 1.807) is 6.08 Å². The lowest BCUT2D eigenvalue weighted by atomic mass is 9.97. The van der Waals surface area contributed by atoms with Crippen LogP contribution in [0.4, 0.5) is 10.3 Å². The number of amides is 2. The zero-order chi connectivity index (χ0) is 42.1. The molecule has 13 heteroatoms. The Balaban J connectivity index is 1.75. The third-order valence-corrected chi connectivity index (χ3v) is 9.69. The van der Waals surface area contributed by atoms with Gasteiger partial charge in [-0.1, -0.05) is 93.7 Å². The molecule has 4 N–H and O–H groups in total. The number of anilines is 1. The van der Waals surface area contributed by atoms with Crippen molar-refractivity contribution < 1.29 is 32.6 Å². The summed E-state index contributed by atoms with van der Waals surface area (Å²) in [5.74, 6) is -1.23. The average Bonchev–Trinajstić information content (AvgIpc) is 3.16. The van der Waals surface area contributed by atoms with Gasteiger partial charge in [-0.3, -0.25) is 9.59 Å². The third kappa shape index (κ3) is 20.3. The molecule has 11 nitrogen and oxygen atoms in total. The predicted molar refractivity (Wildman–Crippen MR) is 229 cm³/mol. The molecule has 312 valence electrons. The fourth-order valence-corrected chi connectivity index (χ4v) is 5.75. The van der Waals surface area contributed by atoms with E-state index in [2.05, 4.69) is 88.3 Å². The van der Waals surface area contributed by atoms with E-state index in [4.69, 9.17) is 0 Å². The van der Waals surface area contributed by atoms with Gasteiger partial charge in [0.25, 0.3) is 0 Å². The van der Waals surface area contributed by atoms with Crippen molar-refractivity contribution in [3.8, 4) is 11.3 Å². The number of rotatable bonds is 26. The van der Waals surface area contributed by atoms with Gasteiger partial charge in [0, 0.05) is 44.1 Å². The van der Waals surface area contributed by atoms with Crippen molar-refractivity contribution >= 4 is 33.9 Å². The number of hydrogen-bond donors (Lipinski definition) is 4. The summed E-state index contributed by atoms with van der Waals surface area (Å²) in [6.45, 7) is 6.33. The number of benzene rings is 1. The third-order valence-electron chi connectivity index (χ3n) is 8.53. The molecule has 0 bridgehead atoms. The Morgan fingerprint density at radius 1 is 0.842 bits per heavy atom. The van der Waals surface area contributed by atoms with E-state index in [1.807, 2.05) is 13.8 Å². The molecular weight excluding hydrogens is 746 g/mol. The number of carbonyl (C=O) groups is 2. The second-order valence-electron chi connectivity index (χ2n) is 13.9. The van der Waals surface area contributed by atoms with Crippen molar-refractivity contribution in [1.29, 1.82) is 0 Å². The van der Waals surface area contributed by atoms with Crippen LogP contribution in [-0.2, 0) is 19.6 Å². The summed E-state index contributed by atoms with van der Waals surface area (Å²) < 4.78 is 39.3. The highest BCUT2D eigenvalue weighted by Gasteiger charge is 2.23. The number of carbonyl (C=O) groups excluding carboxylic acids is 2. The lowest BCUT2D eigenvalue weighted by Gasteiger charge is -2.20. The molecule has 0 aliphatic carbocycles. The summed E-state index contributed by atoms with van der Waals surface area (Å²) in [6, 6.07) is 5.56. The van der Waals surface area contributed by atoms with Crippen LogP contribution in [0.1, 0.15) is 102 Å². The zero-order valence-electron chi connectivity index (χ0n) is 34.1. The number of aliphatic hydroxyl groups excluding tert-OH is 2. The second-order valence-corrected chi connectivity index (χ2v) is 15.9. The van der Waals surface area contributed by atoms with Gasteiger partial charge in [0.1, 0.15) is 5.82 Å². The molecule has 0 saturated carbocycles. The molecule has 0 radical (unpaired) electrons. The molecule has 0 saturated heterocycles. The maximum absolute atomic E-state index is 13.8. The summed E-state index contributed by atoms with van der Waals surface area (Å²) in [4.78, 5) is 33.6. The number of aromatic nitrogens is 2. The topological polar surface area (TPSA) is 162 Å². The molecule has 2 atom stereocenters. The van der Waals surface area contributed by atoms with Gasteiger partial charge in [-0.15, -0.1) is 0 Å². The summed E-state index contributed by atoms with van der Waals surface area (Å²) >= 11 is 0. The highest BCUT2D eigenvalue weighted by molar-refractivity contribution is 7.92. The van der Waals surface area contributed by atoms with Crippen LogP contribution in [0.25, 0.3) is 17.3 Å². The average molecular weight is 808 g/mol. The Bertz CT molecular complexity index is 1820. The molecular formula is C44H62FN5O6S. The van der Waals surface area contributed by atoms with E-state index in [0.717, 1.165) is 55.5 Å². The van der Waals surface area contributed by atoms with E-state index < -0.39 is 34.0 Å². The molecule has 2 rings (SSSR count). The molecule has 1 aromatic heterocycles. The Morgan fingerprint density at radius 3 is 1.93 bits per heavy atom. The number of hydrogen-bond acceptors (Lipinski definition) is 8. The maximum atomic E-state index is 13.8. The quantitative estimate of drug-likeness (QED) is 0.0563. The smallest absolute Gasteiger partial charge is 0.239 e. The van der Waals surface area contributed by atoms with Gasteiger partial charge in [-0.25, -0.2) is 27.1 Å². The van der Waals surface area contributed by atoms with Crippen molar-refractivity contribution in [2.24, 2.45) is 0 Å². The lowest BCUT2D eigenvalue weighted by Crippen LogP contribution is -2.36. The van der Waals surface area contributed by atoms with Crippen LogP contribution >= 0.6 is 0 Å². The number of nitrogens with zero attached hydrogens (tertiary/aromatic N) is 3. The van der Waals surface area contributed by atoms with Gasteiger partial charge >= 0.3 is 0 Å². The van der Waals surface area contributed by atoms with E-state index in [0.29, 0.717) is 28.9 Å². The first kappa shape index (κ1) is 48.4. The summed E-state index contributed by atoms with van der Waals surface area (Å²) in [6.07, 6.45) is 29.5. The monoisotopic (exact) mass is 807 g/mol. The Hall–Kier alpha value is -4.72. The van der Waals surface area contributed by atoms with Crippen LogP contribution in [0.5, 0.6) is 0 Å². The molecule has 0 aliphatic rings. The van der Waals surface area contributed by atoms with Gasteiger partial charge in [-0.05, 0) is 75.1 Å². The molecule has 0 fully saturated rings. The molecule has 0 aliphatic heterocycles. The summed E-state index contributed by atoms with van der Waals surface area (Å²) in [7, 11) is -2.35. The van der Waals surface area contributed by atoms with Crippen LogP contribution in [-0.4, -0.2) is 79.0 Å². The van der Waals surface area contributed by atoms with Gasteiger partial charge in [-0.2, -0.15) is 0 Å². The first-order valence-electron chi connectivity index (χ1n) is 19.7. The number of unbranched alkanes of at least 4 members (excludes halogenated alkanes) is 1. The Kier molecular flexibility index (Phi) is 22.9. The predicted octanol–water partition coefficient (Wildman–Crippen LogP) is 7.47. The summed E-state index contributed by atoms with van der Waals surface area (Å²) in [5.41, 5.74) is 1.83. The van der Waals surface area contributed by atoms with E-state index in [-0.39, 0.29) is 43.7 Å². The minimum Gasteiger partial charge on any atom is -0.392 e. The SMILES string of the molecule is CC/C=C\C/C=C\C/C=C\C/C=C\C/C=C\CCCC(=O)NCCNC(=O)C[C@H](O)C[C@H](O)/C=C/c1c(-c2ccc(F)cc2)nc(N(C)S(C)(=O)=O)nc1C(C)C. The molecule has 1 aromatic carbocycles. The molecule has 57 heavy (non-hydrogen) atoms. The Morgan fingerprint density at radius 2 is 1.39 bits per heavy atom. The maximum Gasteiger partial charge on any atom is 0.239 e. The van der Waals surface area contributed by atoms with Crippen LogP contribution < -0.4 is 14.9 Å². The van der Waals surface area contributed by atoms with E-state index >= 15 is 0 Å². The minimum absolute atomic E-state index is 0.0588. The van der Waals surface area contributed by atoms with Crippen molar-refractivity contribution in [3.05, 3.63) is 108 Å². The van der Waals surface area contributed by atoms with Crippen LogP contribution in [0, 0.1) is 5.82 Å². The molecule has 2 aromatic rings. The van der Waals surface area contributed by atoms with E-state index in [1.165, 1.54) is 37.4 Å².